The Labute approximate surface area is 129 Å². The van der Waals surface area contributed by atoms with Crippen LogP contribution in [0, 0.1) is 0 Å². The van der Waals surface area contributed by atoms with E-state index in [-0.39, 0.29) is 12.5 Å². The highest BCUT2D eigenvalue weighted by Gasteiger charge is 2.12. The monoisotopic (exact) mass is 292 g/mol. The fourth-order valence-corrected chi connectivity index (χ4v) is 2.22. The second kappa shape index (κ2) is 6.26. The third-order valence-electron chi connectivity index (χ3n) is 3.46. The smallest absolute Gasteiger partial charge is 0.264 e. The first-order valence-electron chi connectivity index (χ1n) is 7.04. The molecule has 1 amide bonds. The average Bonchev–Trinajstić information content (AvgIpc) is 2.59. The number of benzene rings is 2. The summed E-state index contributed by atoms with van der Waals surface area (Å²) in [5.74, 6) is 0.507. The number of anilines is 1. The Morgan fingerprint density at radius 1 is 1.05 bits per heavy atom. The van der Waals surface area contributed by atoms with Gasteiger partial charge in [-0.15, -0.1) is 0 Å². The van der Waals surface area contributed by atoms with Gasteiger partial charge in [-0.2, -0.15) is 0 Å². The van der Waals surface area contributed by atoms with E-state index < -0.39 is 0 Å². The van der Waals surface area contributed by atoms with E-state index in [0.29, 0.717) is 5.75 Å². The Morgan fingerprint density at radius 3 is 2.64 bits per heavy atom. The quantitative estimate of drug-likeness (QED) is 0.741. The Hall–Kier alpha value is -2.88. The maximum Gasteiger partial charge on any atom is 0.264 e. The summed E-state index contributed by atoms with van der Waals surface area (Å²) in [6, 6.07) is 19.0. The molecule has 0 fully saturated rings. The molecular formula is C18H16N2O2. The molecule has 0 bridgehead atoms. The minimum atomic E-state index is -0.112. The minimum Gasteiger partial charge on any atom is -0.481 e. The van der Waals surface area contributed by atoms with Crippen molar-refractivity contribution >= 4 is 22.5 Å². The maximum atomic E-state index is 12.2. The standard InChI is InChI=1S/C18H16N2O2/c1-20(15-9-3-2-4-10-15)17(21)13-22-16-11-5-7-14-8-6-12-19-18(14)16/h2-12H,13H2,1H3. The lowest BCUT2D eigenvalue weighted by atomic mass is 10.2. The molecule has 0 saturated carbocycles. The van der Waals surface area contributed by atoms with Gasteiger partial charge in [0.25, 0.3) is 5.91 Å². The van der Waals surface area contributed by atoms with E-state index >= 15 is 0 Å². The van der Waals surface area contributed by atoms with Crippen LogP contribution in [0.4, 0.5) is 5.69 Å². The Morgan fingerprint density at radius 2 is 1.82 bits per heavy atom. The topological polar surface area (TPSA) is 42.4 Å². The number of hydrogen-bond donors (Lipinski definition) is 0. The van der Waals surface area contributed by atoms with E-state index in [2.05, 4.69) is 4.98 Å². The molecule has 0 saturated heterocycles. The van der Waals surface area contributed by atoms with Gasteiger partial charge in [-0.25, -0.2) is 0 Å². The van der Waals surface area contributed by atoms with Gasteiger partial charge in [-0.3, -0.25) is 9.78 Å². The molecule has 22 heavy (non-hydrogen) atoms. The second-order valence-electron chi connectivity index (χ2n) is 4.91. The molecule has 3 rings (SSSR count). The van der Waals surface area contributed by atoms with E-state index in [4.69, 9.17) is 4.74 Å². The first-order chi connectivity index (χ1) is 10.8. The second-order valence-corrected chi connectivity index (χ2v) is 4.91. The first kappa shape index (κ1) is 14.1. The van der Waals surface area contributed by atoms with Gasteiger partial charge in [-0.1, -0.05) is 36.4 Å². The summed E-state index contributed by atoms with van der Waals surface area (Å²) in [5, 5.41) is 0.990. The predicted octanol–water partition coefficient (Wildman–Crippen LogP) is 3.28. The molecular weight excluding hydrogens is 276 g/mol. The van der Waals surface area contributed by atoms with Gasteiger partial charge < -0.3 is 9.64 Å². The molecule has 0 atom stereocenters. The average molecular weight is 292 g/mol. The molecule has 4 nitrogen and oxygen atoms in total. The van der Waals surface area contributed by atoms with Crippen molar-refractivity contribution in [2.45, 2.75) is 0 Å². The van der Waals surface area contributed by atoms with Crippen LogP contribution in [-0.4, -0.2) is 24.5 Å². The van der Waals surface area contributed by atoms with Gasteiger partial charge in [-0.05, 0) is 24.3 Å². The van der Waals surface area contributed by atoms with Crippen LogP contribution >= 0.6 is 0 Å². The summed E-state index contributed by atoms with van der Waals surface area (Å²) >= 11 is 0. The molecule has 3 aromatic rings. The molecule has 0 aliphatic heterocycles. The largest absolute Gasteiger partial charge is 0.481 e. The van der Waals surface area contributed by atoms with Crippen molar-refractivity contribution in [3.8, 4) is 5.75 Å². The highest BCUT2D eigenvalue weighted by molar-refractivity contribution is 5.94. The van der Waals surface area contributed by atoms with Crippen molar-refractivity contribution in [3.05, 3.63) is 66.9 Å². The number of amides is 1. The lowest BCUT2D eigenvalue weighted by molar-refractivity contribution is -0.120. The molecule has 110 valence electrons. The van der Waals surface area contributed by atoms with Gasteiger partial charge in [0.05, 0.1) is 0 Å². The van der Waals surface area contributed by atoms with Crippen LogP contribution in [-0.2, 0) is 4.79 Å². The number of carbonyl (C=O) groups excluding carboxylic acids is 1. The van der Waals surface area contributed by atoms with Crippen LogP contribution in [0.2, 0.25) is 0 Å². The molecule has 0 radical (unpaired) electrons. The van der Waals surface area contributed by atoms with Crippen LogP contribution in [0.15, 0.2) is 66.9 Å². The molecule has 0 aliphatic rings. The number of ether oxygens (including phenoxy) is 1. The number of fused-ring (bicyclic) bond motifs is 1. The molecule has 0 aliphatic carbocycles. The van der Waals surface area contributed by atoms with E-state index in [1.165, 1.54) is 0 Å². The van der Waals surface area contributed by atoms with E-state index in [1.54, 1.807) is 18.1 Å². The Bertz CT molecular complexity index is 782. The zero-order chi connectivity index (χ0) is 15.4. The lowest BCUT2D eigenvalue weighted by Crippen LogP contribution is -2.31. The number of pyridine rings is 1. The van der Waals surface area contributed by atoms with Crippen LogP contribution in [0.25, 0.3) is 10.9 Å². The van der Waals surface area contributed by atoms with Crippen LogP contribution in [0.3, 0.4) is 0 Å². The van der Waals surface area contributed by atoms with Gasteiger partial charge in [0.2, 0.25) is 0 Å². The highest BCUT2D eigenvalue weighted by atomic mass is 16.5. The zero-order valence-corrected chi connectivity index (χ0v) is 12.3. The zero-order valence-electron chi connectivity index (χ0n) is 12.3. The third kappa shape index (κ3) is 2.91. The number of likely N-dealkylation sites (N-methyl/N-ethyl adjacent to an activating group) is 1. The number of carbonyl (C=O) groups is 1. The Kier molecular flexibility index (Phi) is 4.01. The van der Waals surface area contributed by atoms with Gasteiger partial charge in [0, 0.05) is 24.3 Å². The number of aromatic nitrogens is 1. The number of hydrogen-bond acceptors (Lipinski definition) is 3. The molecule has 1 heterocycles. The summed E-state index contributed by atoms with van der Waals surface area (Å²) < 4.78 is 5.67. The fraction of sp³-hybridized carbons (Fsp3) is 0.111. The van der Waals surface area contributed by atoms with Crippen LogP contribution in [0.1, 0.15) is 0 Å². The fourth-order valence-electron chi connectivity index (χ4n) is 2.22. The number of rotatable bonds is 4. The first-order valence-corrected chi connectivity index (χ1v) is 7.04. The van der Waals surface area contributed by atoms with Crippen molar-refractivity contribution < 1.29 is 9.53 Å². The van der Waals surface area contributed by atoms with E-state index in [1.807, 2.05) is 60.7 Å². The van der Waals surface area contributed by atoms with Crippen molar-refractivity contribution in [1.82, 2.24) is 4.98 Å². The molecule has 0 spiro atoms. The van der Waals surface area contributed by atoms with E-state index in [0.717, 1.165) is 16.6 Å². The molecule has 1 aromatic heterocycles. The minimum absolute atomic E-state index is 0.0267. The normalized spacial score (nSPS) is 10.4. The highest BCUT2D eigenvalue weighted by Crippen LogP contribution is 2.23. The molecule has 2 aromatic carbocycles. The third-order valence-corrected chi connectivity index (χ3v) is 3.46. The summed E-state index contributed by atoms with van der Waals surface area (Å²) in [6.07, 6.45) is 1.72. The predicted molar refractivity (Wildman–Crippen MR) is 87.1 cm³/mol. The number of nitrogens with zero attached hydrogens (tertiary/aromatic N) is 2. The summed E-state index contributed by atoms with van der Waals surface area (Å²) in [4.78, 5) is 18.1. The van der Waals surface area contributed by atoms with E-state index in [9.17, 15) is 4.79 Å². The van der Waals surface area contributed by atoms with Gasteiger partial charge in [0.15, 0.2) is 6.61 Å². The summed E-state index contributed by atoms with van der Waals surface area (Å²) in [5.41, 5.74) is 1.60. The molecule has 4 heteroatoms. The molecule has 0 unspecified atom stereocenters. The van der Waals surface area contributed by atoms with Crippen LogP contribution < -0.4 is 9.64 Å². The van der Waals surface area contributed by atoms with Gasteiger partial charge in [0.1, 0.15) is 11.3 Å². The van der Waals surface area contributed by atoms with Crippen molar-refractivity contribution in [1.29, 1.82) is 0 Å². The Balaban J connectivity index is 1.73. The van der Waals surface area contributed by atoms with Crippen molar-refractivity contribution in [2.24, 2.45) is 0 Å². The van der Waals surface area contributed by atoms with Gasteiger partial charge >= 0.3 is 0 Å². The maximum absolute atomic E-state index is 12.2. The summed E-state index contributed by atoms with van der Waals surface area (Å²) in [6.45, 7) is -0.0267. The van der Waals surface area contributed by atoms with Crippen molar-refractivity contribution in [2.75, 3.05) is 18.6 Å². The summed E-state index contributed by atoms with van der Waals surface area (Å²) in [7, 11) is 1.74. The van der Waals surface area contributed by atoms with Crippen LogP contribution in [0.5, 0.6) is 5.75 Å². The lowest BCUT2D eigenvalue weighted by Gasteiger charge is -2.17. The SMILES string of the molecule is CN(C(=O)COc1cccc2cccnc12)c1ccccc1. The molecule has 0 N–H and O–H groups in total. The van der Waals surface area contributed by atoms with Crippen molar-refractivity contribution in [3.63, 3.8) is 0 Å². The number of para-hydroxylation sites is 2.